The number of nitrogens with one attached hydrogen (secondary N) is 3. The van der Waals surface area contributed by atoms with Crippen LogP contribution < -0.4 is 20.3 Å². The third-order valence-corrected chi connectivity index (χ3v) is 13.8. The van der Waals surface area contributed by atoms with Gasteiger partial charge in [-0.2, -0.15) is 5.06 Å². The van der Waals surface area contributed by atoms with E-state index in [2.05, 4.69) is 53.4 Å². The molecule has 0 radical (unpaired) electrons. The van der Waals surface area contributed by atoms with Crippen LogP contribution in [0.1, 0.15) is 62.0 Å². The van der Waals surface area contributed by atoms with Crippen LogP contribution in [0.3, 0.4) is 0 Å². The number of aliphatic hydroxyl groups excluding tert-OH is 2. The van der Waals surface area contributed by atoms with Crippen molar-refractivity contribution in [2.75, 3.05) is 53.4 Å². The first-order valence-corrected chi connectivity index (χ1v) is 21.1. The van der Waals surface area contributed by atoms with Crippen LogP contribution in [0.5, 0.6) is 5.75 Å². The molecule has 2 heterocycles. The molecule has 318 valence electrons. The fraction of sp³-hybridized carbons (Fsp3) is 0.532. The lowest BCUT2D eigenvalue weighted by atomic mass is 9.45. The highest BCUT2D eigenvalue weighted by atomic mass is 16.7. The van der Waals surface area contributed by atoms with Crippen LogP contribution in [0.15, 0.2) is 66.9 Å². The Hall–Kier alpha value is -4.46. The van der Waals surface area contributed by atoms with E-state index in [0.717, 1.165) is 45.3 Å². The molecule has 0 spiro atoms. The third-order valence-electron chi connectivity index (χ3n) is 13.8. The van der Waals surface area contributed by atoms with Gasteiger partial charge in [-0.3, -0.25) is 14.4 Å². The lowest BCUT2D eigenvalue weighted by molar-refractivity contribution is -0.183. The third kappa shape index (κ3) is 8.48. The number of likely N-dealkylation sites (N-methyl/N-ethyl adjacent to an activating group) is 1. The van der Waals surface area contributed by atoms with Crippen LogP contribution in [0, 0.1) is 29.1 Å². The zero-order valence-corrected chi connectivity index (χ0v) is 36.2. The molecule has 1 aromatic heterocycles. The van der Waals surface area contributed by atoms with Crippen molar-refractivity contribution < 1.29 is 29.4 Å². The molecule has 3 aliphatic carbocycles. The first-order valence-electron chi connectivity index (χ1n) is 21.1. The summed E-state index contributed by atoms with van der Waals surface area (Å²) < 4.78 is 6.13. The van der Waals surface area contributed by atoms with E-state index in [-0.39, 0.29) is 42.5 Å². The molecule has 9 atom stereocenters. The molecule has 12 heteroatoms. The molecule has 3 saturated carbocycles. The van der Waals surface area contributed by atoms with Crippen LogP contribution in [-0.4, -0.2) is 116 Å². The maximum Gasteiger partial charge on any atom is 0.251 e. The lowest BCUT2D eigenvalue weighted by Gasteiger charge is -2.62. The Labute approximate surface area is 349 Å². The first-order chi connectivity index (χ1) is 28.1. The fourth-order valence-corrected chi connectivity index (χ4v) is 10.4. The highest BCUT2D eigenvalue weighted by Gasteiger charge is 2.57. The molecule has 8 rings (SSSR count). The van der Waals surface area contributed by atoms with E-state index in [4.69, 9.17) is 9.57 Å². The summed E-state index contributed by atoms with van der Waals surface area (Å²) in [7, 11) is 9.53. The van der Waals surface area contributed by atoms with Crippen molar-refractivity contribution in [1.82, 2.24) is 25.6 Å². The molecule has 4 fully saturated rings. The molecular weight excluding hydrogens is 745 g/mol. The monoisotopic (exact) mass is 808 g/mol. The van der Waals surface area contributed by atoms with Gasteiger partial charge in [-0.25, -0.2) is 0 Å². The quantitative estimate of drug-likeness (QED) is 0.106. The second kappa shape index (κ2) is 17.3. The summed E-state index contributed by atoms with van der Waals surface area (Å²) in [5, 5.41) is 30.9. The maximum atomic E-state index is 14.3. The predicted molar refractivity (Wildman–Crippen MR) is 232 cm³/mol. The van der Waals surface area contributed by atoms with Crippen molar-refractivity contribution in [1.29, 1.82) is 0 Å². The van der Waals surface area contributed by atoms with E-state index in [1.54, 1.807) is 19.1 Å². The Morgan fingerprint density at radius 3 is 2.47 bits per heavy atom. The molecule has 12 nitrogen and oxygen atoms in total. The number of amides is 2. The number of anilines is 1. The van der Waals surface area contributed by atoms with Crippen molar-refractivity contribution >= 4 is 28.4 Å². The topological polar surface area (TPSA) is 143 Å². The van der Waals surface area contributed by atoms with Gasteiger partial charge < -0.3 is 40.4 Å². The van der Waals surface area contributed by atoms with Gasteiger partial charge in [0.05, 0.1) is 26.4 Å². The number of hydrogen-bond donors (Lipinski definition) is 5. The summed E-state index contributed by atoms with van der Waals surface area (Å²) in [6, 6.07) is 18.9. The van der Waals surface area contributed by atoms with Crippen LogP contribution in [0.25, 0.3) is 22.0 Å². The Morgan fingerprint density at radius 1 is 1.05 bits per heavy atom. The molecule has 3 aromatic carbocycles. The fourth-order valence-electron chi connectivity index (χ4n) is 10.4. The van der Waals surface area contributed by atoms with Gasteiger partial charge in [0.15, 0.2) is 0 Å². The smallest absolute Gasteiger partial charge is 0.251 e. The zero-order chi connectivity index (χ0) is 42.3. The van der Waals surface area contributed by atoms with E-state index in [9.17, 15) is 19.8 Å². The number of hydrogen-bond acceptors (Lipinski definition) is 9. The van der Waals surface area contributed by atoms with E-state index < -0.39 is 24.2 Å². The van der Waals surface area contributed by atoms with Gasteiger partial charge >= 0.3 is 0 Å². The summed E-state index contributed by atoms with van der Waals surface area (Å²) in [6.07, 6.45) is 3.14. The molecule has 2 bridgehead atoms. The van der Waals surface area contributed by atoms with Gasteiger partial charge in [-0.1, -0.05) is 57.2 Å². The molecule has 1 aliphatic heterocycles. The number of para-hydroxylation sites is 2. The van der Waals surface area contributed by atoms with E-state index in [1.165, 1.54) is 6.42 Å². The van der Waals surface area contributed by atoms with Crippen LogP contribution in [-0.2, 0) is 22.6 Å². The number of ether oxygens (including phenoxy) is 1. The number of aromatic amines is 1. The summed E-state index contributed by atoms with van der Waals surface area (Å²) >= 11 is 0. The number of methoxy groups -OCH3 is 1. The van der Waals surface area contributed by atoms with Crippen molar-refractivity contribution in [3.63, 3.8) is 0 Å². The number of nitrogens with zero attached hydrogens (tertiary/aromatic N) is 3. The number of aromatic nitrogens is 1. The standard InChI is InChI=1S/C47H64N6O6/c1-27-38-21-33(47(38,3)4)22-40(27)50-46(57)43-42(28(2)55)41(26-54)59-53(43)24-29-13-12-15-37(44(29)58-9)30-17-31(20-35(19-30)52(7)8)45(56)49-34(25-51(5)6)18-32-23-48-39-16-11-10-14-36(32)39/h10-17,19-20,23,27-28,33-34,38,40-43,48,54-55H,18,21-22,24-26H2,1-9H3,(H,49,56)(H,50,57)/t27-,28-,33?,34-,38+,40-,41-,42+,43-/m0/s1. The minimum Gasteiger partial charge on any atom is -0.496 e. The molecule has 2 amide bonds. The zero-order valence-electron chi connectivity index (χ0n) is 36.2. The van der Waals surface area contributed by atoms with E-state index in [0.29, 0.717) is 42.0 Å². The van der Waals surface area contributed by atoms with Crippen LogP contribution in [0.2, 0.25) is 0 Å². The Balaban J connectivity index is 1.16. The van der Waals surface area contributed by atoms with Gasteiger partial charge in [0, 0.05) is 78.1 Å². The average molecular weight is 809 g/mol. The molecule has 1 unspecified atom stereocenters. The van der Waals surface area contributed by atoms with Crippen molar-refractivity contribution in [3.05, 3.63) is 83.6 Å². The predicted octanol–water partition coefficient (Wildman–Crippen LogP) is 5.47. The molecule has 4 aliphatic rings. The van der Waals surface area contributed by atoms with Crippen molar-refractivity contribution in [3.8, 4) is 16.9 Å². The number of carbonyl (C=O) groups excluding carboxylic acids is 2. The molecular formula is C47H64N6O6. The number of carbonyl (C=O) groups is 2. The average Bonchev–Trinajstić information content (AvgIpc) is 3.79. The second-order valence-corrected chi connectivity index (χ2v) is 18.4. The van der Waals surface area contributed by atoms with Gasteiger partial charge in [-0.15, -0.1) is 0 Å². The van der Waals surface area contributed by atoms with Crippen LogP contribution in [0.4, 0.5) is 5.69 Å². The van der Waals surface area contributed by atoms with Crippen molar-refractivity contribution in [2.24, 2.45) is 29.1 Å². The Bertz CT molecular complexity index is 2130. The minimum absolute atomic E-state index is 0.0314. The Morgan fingerprint density at radius 2 is 1.81 bits per heavy atom. The lowest BCUT2D eigenvalue weighted by Crippen LogP contribution is -2.62. The number of fused-ring (bicyclic) bond motifs is 3. The van der Waals surface area contributed by atoms with E-state index >= 15 is 0 Å². The number of benzene rings is 3. The molecule has 1 saturated heterocycles. The summed E-state index contributed by atoms with van der Waals surface area (Å²) in [4.78, 5) is 42.3. The largest absolute Gasteiger partial charge is 0.496 e. The molecule has 5 N–H and O–H groups in total. The van der Waals surface area contributed by atoms with Gasteiger partial charge in [0.2, 0.25) is 5.91 Å². The normalized spacial score (nSPS) is 26.0. The molecule has 59 heavy (non-hydrogen) atoms. The summed E-state index contributed by atoms with van der Waals surface area (Å²) in [6.45, 7) is 9.04. The number of rotatable bonds is 15. The summed E-state index contributed by atoms with van der Waals surface area (Å²) in [5.41, 5.74) is 6.18. The highest BCUT2D eigenvalue weighted by Crippen LogP contribution is 2.61. The van der Waals surface area contributed by atoms with Gasteiger partial charge in [0.1, 0.15) is 17.9 Å². The highest BCUT2D eigenvalue weighted by molar-refractivity contribution is 5.97. The van der Waals surface area contributed by atoms with Crippen LogP contribution >= 0.6 is 0 Å². The number of hydroxylamine groups is 2. The summed E-state index contributed by atoms with van der Waals surface area (Å²) in [5.74, 6) is 0.990. The number of H-pyrrole nitrogens is 1. The van der Waals surface area contributed by atoms with Gasteiger partial charge in [0.25, 0.3) is 5.91 Å². The van der Waals surface area contributed by atoms with E-state index in [1.807, 2.05) is 87.8 Å². The SMILES string of the molecule is COc1c(CN2O[C@@H](CO)[C@@H]([C@H](C)O)[C@H]2C(=O)N[C@H]2CC3C[C@H]([C@@H]2C)C3(C)C)cccc1-c1cc(C(=O)N[C@@H](Cc2c[nH]c3ccccc23)CN(C)C)cc(N(C)C)c1. The minimum atomic E-state index is -0.907. The van der Waals surface area contributed by atoms with Crippen molar-refractivity contribution in [2.45, 2.75) is 83.8 Å². The number of aliphatic hydroxyl groups is 2. The first kappa shape index (κ1) is 42.7. The second-order valence-electron chi connectivity index (χ2n) is 18.4. The van der Waals surface area contributed by atoms with Gasteiger partial charge in [-0.05, 0) is 98.8 Å². The molecule has 4 aromatic rings. The maximum absolute atomic E-state index is 14.3. The Kier molecular flexibility index (Phi) is 12.5.